The fourth-order valence-corrected chi connectivity index (χ4v) is 2.07. The van der Waals surface area contributed by atoms with Crippen molar-refractivity contribution in [3.05, 3.63) is 18.0 Å². The minimum atomic E-state index is 0.271. The molecule has 1 fully saturated rings. The third kappa shape index (κ3) is 1.96. The van der Waals surface area contributed by atoms with E-state index in [0.717, 1.165) is 25.2 Å². The molecule has 78 valence electrons. The third-order valence-electron chi connectivity index (χ3n) is 2.84. The van der Waals surface area contributed by atoms with Gasteiger partial charge in [0.1, 0.15) is 0 Å². The van der Waals surface area contributed by atoms with E-state index in [2.05, 4.69) is 10.00 Å². The van der Waals surface area contributed by atoms with Gasteiger partial charge in [-0.1, -0.05) is 0 Å². The molecule has 0 bridgehead atoms. The van der Waals surface area contributed by atoms with Gasteiger partial charge in [-0.15, -0.1) is 0 Å². The Morgan fingerprint density at radius 2 is 2.50 bits per heavy atom. The molecule has 0 aromatic carbocycles. The third-order valence-corrected chi connectivity index (χ3v) is 2.84. The smallest absolute Gasteiger partial charge is 0.0764 e. The quantitative estimate of drug-likeness (QED) is 0.758. The van der Waals surface area contributed by atoms with Gasteiger partial charge in [0, 0.05) is 25.8 Å². The normalized spacial score (nSPS) is 23.1. The monoisotopic (exact) mass is 195 g/mol. The fourth-order valence-electron chi connectivity index (χ4n) is 2.07. The van der Waals surface area contributed by atoms with Crippen molar-refractivity contribution in [2.24, 2.45) is 7.05 Å². The summed E-state index contributed by atoms with van der Waals surface area (Å²) in [6.07, 6.45) is 4.26. The lowest BCUT2D eigenvalue weighted by atomic mass is 10.2. The molecular weight excluding hydrogens is 178 g/mol. The predicted octanol–water partition coefficient (Wildman–Crippen LogP) is 0.377. The fraction of sp³-hybridized carbons (Fsp3) is 0.700. The summed E-state index contributed by atoms with van der Waals surface area (Å²) in [6.45, 7) is 2.22. The Labute approximate surface area is 84.1 Å². The second-order valence-corrected chi connectivity index (χ2v) is 3.93. The second-order valence-electron chi connectivity index (χ2n) is 3.93. The Bertz CT molecular complexity index is 297. The van der Waals surface area contributed by atoms with Crippen molar-refractivity contribution in [1.29, 1.82) is 0 Å². The molecule has 4 heteroatoms. The zero-order valence-corrected chi connectivity index (χ0v) is 8.56. The minimum absolute atomic E-state index is 0.271. The molecule has 1 saturated heterocycles. The molecule has 1 N–H and O–H groups in total. The zero-order valence-electron chi connectivity index (χ0n) is 8.56. The summed E-state index contributed by atoms with van der Waals surface area (Å²) in [7, 11) is 1.93. The highest BCUT2D eigenvalue weighted by atomic mass is 16.3. The lowest BCUT2D eigenvalue weighted by Gasteiger charge is -2.21. The molecule has 14 heavy (non-hydrogen) atoms. The summed E-state index contributed by atoms with van der Waals surface area (Å²) < 4.78 is 1.82. The van der Waals surface area contributed by atoms with Crippen molar-refractivity contribution in [2.45, 2.75) is 25.4 Å². The molecular formula is C10H17N3O. The van der Waals surface area contributed by atoms with Crippen molar-refractivity contribution >= 4 is 0 Å². The van der Waals surface area contributed by atoms with E-state index < -0.39 is 0 Å². The first-order chi connectivity index (χ1) is 6.79. The van der Waals surface area contributed by atoms with Gasteiger partial charge in [0.15, 0.2) is 0 Å². The number of aliphatic hydroxyl groups excluding tert-OH is 1. The molecule has 0 saturated carbocycles. The molecule has 1 aromatic rings. The van der Waals surface area contributed by atoms with Gasteiger partial charge in [-0.05, 0) is 25.5 Å². The summed E-state index contributed by atoms with van der Waals surface area (Å²) in [4.78, 5) is 2.31. The van der Waals surface area contributed by atoms with Gasteiger partial charge in [-0.3, -0.25) is 9.58 Å². The Hall–Kier alpha value is -0.870. The van der Waals surface area contributed by atoms with Crippen molar-refractivity contribution in [2.75, 3.05) is 13.2 Å². The van der Waals surface area contributed by atoms with Gasteiger partial charge in [0.2, 0.25) is 0 Å². The molecule has 1 aromatic heterocycles. The van der Waals surface area contributed by atoms with E-state index in [-0.39, 0.29) is 6.61 Å². The topological polar surface area (TPSA) is 41.3 Å². The van der Waals surface area contributed by atoms with Crippen LogP contribution in [0.3, 0.4) is 0 Å². The van der Waals surface area contributed by atoms with Crippen LogP contribution in [0.4, 0.5) is 0 Å². The standard InChI is InChI=1S/C10H17N3O/c1-12-6-4-9(11-12)7-13-5-2-3-10(13)8-14/h4,6,10,14H,2-3,5,7-8H2,1H3/t10-/m0/s1. The van der Waals surface area contributed by atoms with Crippen LogP contribution >= 0.6 is 0 Å². The molecule has 4 nitrogen and oxygen atoms in total. The number of aromatic nitrogens is 2. The second kappa shape index (κ2) is 4.11. The first kappa shape index (κ1) is 9.68. The lowest BCUT2D eigenvalue weighted by molar-refractivity contribution is 0.152. The first-order valence-electron chi connectivity index (χ1n) is 5.13. The maximum Gasteiger partial charge on any atom is 0.0764 e. The largest absolute Gasteiger partial charge is 0.395 e. The van der Waals surface area contributed by atoms with E-state index in [1.165, 1.54) is 6.42 Å². The Kier molecular flexibility index (Phi) is 2.84. The molecule has 0 aliphatic carbocycles. The van der Waals surface area contributed by atoms with Crippen molar-refractivity contribution in [1.82, 2.24) is 14.7 Å². The van der Waals surface area contributed by atoms with Gasteiger partial charge in [0.05, 0.1) is 12.3 Å². The summed E-state index contributed by atoms with van der Waals surface area (Å²) in [5, 5.41) is 13.5. The van der Waals surface area contributed by atoms with Crippen LogP contribution in [0.5, 0.6) is 0 Å². The number of nitrogens with zero attached hydrogens (tertiary/aromatic N) is 3. The summed E-state index contributed by atoms with van der Waals surface area (Å²) in [6, 6.07) is 2.38. The highest BCUT2D eigenvalue weighted by Gasteiger charge is 2.23. The molecule has 0 amide bonds. The van der Waals surface area contributed by atoms with E-state index in [9.17, 15) is 0 Å². The van der Waals surface area contributed by atoms with Gasteiger partial charge in [-0.2, -0.15) is 5.10 Å². The van der Waals surface area contributed by atoms with E-state index in [0.29, 0.717) is 6.04 Å². The summed E-state index contributed by atoms with van der Waals surface area (Å²) >= 11 is 0. The van der Waals surface area contributed by atoms with E-state index in [4.69, 9.17) is 5.11 Å². The molecule has 2 heterocycles. The molecule has 0 unspecified atom stereocenters. The van der Waals surface area contributed by atoms with Gasteiger partial charge < -0.3 is 5.11 Å². The maximum absolute atomic E-state index is 9.15. The van der Waals surface area contributed by atoms with E-state index >= 15 is 0 Å². The SMILES string of the molecule is Cn1ccc(CN2CCC[C@H]2CO)n1. The lowest BCUT2D eigenvalue weighted by Crippen LogP contribution is -2.31. The number of rotatable bonds is 3. The number of aryl methyl sites for hydroxylation is 1. The molecule has 1 aliphatic heterocycles. The summed E-state index contributed by atoms with van der Waals surface area (Å²) in [5.74, 6) is 0. The van der Waals surface area contributed by atoms with Crippen LogP contribution in [0, 0.1) is 0 Å². The number of hydrogen-bond donors (Lipinski definition) is 1. The Morgan fingerprint density at radius 1 is 1.64 bits per heavy atom. The minimum Gasteiger partial charge on any atom is -0.395 e. The van der Waals surface area contributed by atoms with Crippen molar-refractivity contribution in [3.8, 4) is 0 Å². The molecule has 1 aliphatic rings. The molecule has 0 radical (unpaired) electrons. The average molecular weight is 195 g/mol. The highest BCUT2D eigenvalue weighted by molar-refractivity contribution is 4.99. The van der Waals surface area contributed by atoms with Crippen LogP contribution in [-0.4, -0.2) is 39.0 Å². The Morgan fingerprint density at radius 3 is 3.14 bits per heavy atom. The number of likely N-dealkylation sites (tertiary alicyclic amines) is 1. The highest BCUT2D eigenvalue weighted by Crippen LogP contribution is 2.18. The summed E-state index contributed by atoms with van der Waals surface area (Å²) in [5.41, 5.74) is 1.09. The van der Waals surface area contributed by atoms with Crippen LogP contribution in [0.2, 0.25) is 0 Å². The average Bonchev–Trinajstić information content (AvgIpc) is 2.76. The van der Waals surface area contributed by atoms with Crippen molar-refractivity contribution < 1.29 is 5.11 Å². The molecule has 2 rings (SSSR count). The maximum atomic E-state index is 9.15. The van der Waals surface area contributed by atoms with Crippen LogP contribution in [-0.2, 0) is 13.6 Å². The van der Waals surface area contributed by atoms with Crippen molar-refractivity contribution in [3.63, 3.8) is 0 Å². The predicted molar refractivity (Wildman–Crippen MR) is 53.7 cm³/mol. The van der Waals surface area contributed by atoms with Crippen LogP contribution in [0.15, 0.2) is 12.3 Å². The van der Waals surface area contributed by atoms with E-state index in [1.807, 2.05) is 24.0 Å². The van der Waals surface area contributed by atoms with Crippen LogP contribution in [0.1, 0.15) is 18.5 Å². The first-order valence-corrected chi connectivity index (χ1v) is 5.13. The number of hydrogen-bond acceptors (Lipinski definition) is 3. The Balaban J connectivity index is 1.96. The van der Waals surface area contributed by atoms with Gasteiger partial charge in [0.25, 0.3) is 0 Å². The number of aliphatic hydroxyl groups is 1. The molecule has 0 spiro atoms. The van der Waals surface area contributed by atoms with Gasteiger partial charge >= 0.3 is 0 Å². The van der Waals surface area contributed by atoms with Gasteiger partial charge in [-0.25, -0.2) is 0 Å². The van der Waals surface area contributed by atoms with E-state index in [1.54, 1.807) is 0 Å². The zero-order chi connectivity index (χ0) is 9.97. The van der Waals surface area contributed by atoms with Crippen LogP contribution in [0.25, 0.3) is 0 Å². The van der Waals surface area contributed by atoms with Crippen LogP contribution < -0.4 is 0 Å². The molecule has 1 atom stereocenters.